The van der Waals surface area contributed by atoms with E-state index in [1.54, 1.807) is 6.07 Å². The second-order valence-electron chi connectivity index (χ2n) is 6.34. The van der Waals surface area contributed by atoms with E-state index in [-0.39, 0.29) is 5.91 Å². The second-order valence-corrected chi connectivity index (χ2v) is 8.18. The number of nitrogens with one attached hydrogen (secondary N) is 1. The lowest BCUT2D eigenvalue weighted by Gasteiger charge is -2.19. The first-order valence-corrected chi connectivity index (χ1v) is 11.0. The molecule has 0 spiro atoms. The molecule has 1 N–H and O–H groups in total. The van der Waals surface area contributed by atoms with E-state index in [0.29, 0.717) is 55.1 Å². The molecule has 0 atom stereocenters. The Morgan fingerprint density at radius 1 is 0.929 bits per heavy atom. The van der Waals surface area contributed by atoms with Crippen molar-refractivity contribution in [2.75, 3.05) is 37.5 Å². The quantitative estimate of drug-likeness (QED) is 0.711. The number of carbonyl (C=O) groups excluding carboxylic acids is 1. The van der Waals surface area contributed by atoms with Gasteiger partial charge < -0.3 is 24.3 Å². The summed E-state index contributed by atoms with van der Waals surface area (Å²) in [6, 6.07) is 9.35. The maximum absolute atomic E-state index is 12.3. The van der Waals surface area contributed by atoms with Crippen molar-refractivity contribution in [3.05, 3.63) is 40.4 Å². The van der Waals surface area contributed by atoms with Crippen LogP contribution in [0.25, 0.3) is 0 Å². The zero-order valence-electron chi connectivity index (χ0n) is 15.2. The summed E-state index contributed by atoms with van der Waals surface area (Å²) in [4.78, 5) is 12.3. The van der Waals surface area contributed by atoms with E-state index in [2.05, 4.69) is 21.2 Å². The maximum atomic E-state index is 12.3. The van der Waals surface area contributed by atoms with Gasteiger partial charge in [0.1, 0.15) is 13.2 Å². The minimum atomic E-state index is -0.0619. The van der Waals surface area contributed by atoms with Crippen LogP contribution in [-0.2, 0) is 10.5 Å². The van der Waals surface area contributed by atoms with Crippen LogP contribution in [0.15, 0.2) is 34.8 Å². The molecule has 0 saturated carbocycles. The van der Waals surface area contributed by atoms with Gasteiger partial charge in [-0.05, 0) is 29.8 Å². The average Bonchev–Trinajstić information content (AvgIpc) is 2.93. The molecule has 8 heteroatoms. The summed E-state index contributed by atoms with van der Waals surface area (Å²) in [5, 5.41) is 2.91. The van der Waals surface area contributed by atoms with Crippen molar-refractivity contribution in [1.29, 1.82) is 0 Å². The summed E-state index contributed by atoms with van der Waals surface area (Å²) in [5.74, 6) is 3.85. The number of rotatable bonds is 5. The van der Waals surface area contributed by atoms with Gasteiger partial charge in [-0.3, -0.25) is 4.79 Å². The van der Waals surface area contributed by atoms with Gasteiger partial charge in [-0.2, -0.15) is 0 Å². The van der Waals surface area contributed by atoms with Crippen LogP contribution in [0.1, 0.15) is 12.0 Å². The van der Waals surface area contributed by atoms with Crippen LogP contribution in [0, 0.1) is 0 Å². The van der Waals surface area contributed by atoms with Gasteiger partial charge in [0.25, 0.3) is 0 Å². The standard InChI is InChI=1S/C20H20BrNO5S/c21-15-10-19-17(26-6-7-27-19)8-13(15)11-28-12-20(23)22-14-2-3-16-18(9-14)25-5-1-4-24-16/h2-3,8-10H,1,4-7,11-12H2,(H,22,23). The van der Waals surface area contributed by atoms with Crippen molar-refractivity contribution in [3.63, 3.8) is 0 Å². The van der Waals surface area contributed by atoms with E-state index in [0.717, 1.165) is 28.0 Å². The summed E-state index contributed by atoms with van der Waals surface area (Å²) in [5.41, 5.74) is 1.77. The van der Waals surface area contributed by atoms with Crippen LogP contribution in [0.4, 0.5) is 5.69 Å². The number of amides is 1. The van der Waals surface area contributed by atoms with Crippen LogP contribution >= 0.6 is 27.7 Å². The molecular formula is C20H20BrNO5S. The number of carbonyl (C=O) groups is 1. The van der Waals surface area contributed by atoms with Crippen LogP contribution in [0.3, 0.4) is 0 Å². The molecule has 2 heterocycles. The normalized spacial score (nSPS) is 14.9. The Bertz CT molecular complexity index is 876. The zero-order chi connectivity index (χ0) is 19.3. The minimum Gasteiger partial charge on any atom is -0.490 e. The van der Waals surface area contributed by atoms with Gasteiger partial charge in [0.15, 0.2) is 23.0 Å². The fourth-order valence-electron chi connectivity index (χ4n) is 2.91. The van der Waals surface area contributed by atoms with Gasteiger partial charge in [0, 0.05) is 28.4 Å². The first-order valence-electron chi connectivity index (χ1n) is 9.04. The minimum absolute atomic E-state index is 0.0619. The smallest absolute Gasteiger partial charge is 0.234 e. The number of hydrogen-bond acceptors (Lipinski definition) is 6. The first-order chi connectivity index (χ1) is 13.7. The Balaban J connectivity index is 1.31. The van der Waals surface area contributed by atoms with E-state index < -0.39 is 0 Å². The molecule has 0 aromatic heterocycles. The summed E-state index contributed by atoms with van der Waals surface area (Å²) in [7, 11) is 0. The first kappa shape index (κ1) is 19.3. The summed E-state index contributed by atoms with van der Waals surface area (Å²) < 4.78 is 23.4. The second kappa shape index (κ2) is 8.96. The lowest BCUT2D eigenvalue weighted by atomic mass is 10.2. The Morgan fingerprint density at radius 2 is 1.61 bits per heavy atom. The molecule has 4 rings (SSSR count). The highest BCUT2D eigenvalue weighted by atomic mass is 79.9. The number of anilines is 1. The Kier molecular flexibility index (Phi) is 6.17. The molecule has 0 fully saturated rings. The molecule has 0 radical (unpaired) electrons. The zero-order valence-corrected chi connectivity index (χ0v) is 17.6. The molecule has 0 unspecified atom stereocenters. The molecule has 28 heavy (non-hydrogen) atoms. The molecule has 0 bridgehead atoms. The fourth-order valence-corrected chi connectivity index (χ4v) is 4.38. The van der Waals surface area contributed by atoms with Crippen LogP contribution in [-0.4, -0.2) is 38.1 Å². The lowest BCUT2D eigenvalue weighted by molar-refractivity contribution is -0.113. The third kappa shape index (κ3) is 4.67. The Labute approximate surface area is 176 Å². The van der Waals surface area contributed by atoms with Gasteiger partial charge in [-0.15, -0.1) is 11.8 Å². The van der Waals surface area contributed by atoms with Crippen molar-refractivity contribution in [1.82, 2.24) is 0 Å². The third-order valence-electron chi connectivity index (χ3n) is 4.23. The summed E-state index contributed by atoms with van der Waals surface area (Å²) >= 11 is 5.10. The van der Waals surface area contributed by atoms with Gasteiger partial charge in [-0.1, -0.05) is 15.9 Å². The molecule has 2 aromatic carbocycles. The molecule has 148 valence electrons. The maximum Gasteiger partial charge on any atom is 0.234 e. The number of thioether (sulfide) groups is 1. The highest BCUT2D eigenvalue weighted by Gasteiger charge is 2.16. The molecular weight excluding hydrogens is 446 g/mol. The van der Waals surface area contributed by atoms with E-state index >= 15 is 0 Å². The monoisotopic (exact) mass is 465 g/mol. The predicted molar refractivity (Wildman–Crippen MR) is 112 cm³/mol. The van der Waals surface area contributed by atoms with Gasteiger partial charge >= 0.3 is 0 Å². The summed E-state index contributed by atoms with van der Waals surface area (Å²) in [6.07, 6.45) is 0.850. The van der Waals surface area contributed by atoms with Gasteiger partial charge in [0.05, 0.1) is 19.0 Å². The van der Waals surface area contributed by atoms with E-state index in [9.17, 15) is 4.79 Å². The average molecular weight is 466 g/mol. The van der Waals surface area contributed by atoms with Gasteiger partial charge in [0.2, 0.25) is 5.91 Å². The lowest BCUT2D eigenvalue weighted by Crippen LogP contribution is -2.16. The molecule has 2 aliphatic rings. The Morgan fingerprint density at radius 3 is 2.43 bits per heavy atom. The number of benzene rings is 2. The van der Waals surface area contributed by atoms with Crippen molar-refractivity contribution >= 4 is 39.3 Å². The largest absolute Gasteiger partial charge is 0.490 e. The van der Waals surface area contributed by atoms with Crippen LogP contribution in [0.5, 0.6) is 23.0 Å². The topological polar surface area (TPSA) is 66.0 Å². The molecule has 1 amide bonds. The van der Waals surface area contributed by atoms with E-state index in [1.807, 2.05) is 24.3 Å². The molecule has 2 aliphatic heterocycles. The molecule has 2 aromatic rings. The van der Waals surface area contributed by atoms with E-state index in [1.165, 1.54) is 11.8 Å². The summed E-state index contributed by atoms with van der Waals surface area (Å²) in [6.45, 7) is 2.38. The van der Waals surface area contributed by atoms with E-state index in [4.69, 9.17) is 18.9 Å². The number of ether oxygens (including phenoxy) is 4. The molecule has 0 saturated heterocycles. The van der Waals surface area contributed by atoms with Gasteiger partial charge in [-0.25, -0.2) is 0 Å². The third-order valence-corrected chi connectivity index (χ3v) is 5.95. The number of hydrogen-bond donors (Lipinski definition) is 1. The van der Waals surface area contributed by atoms with Crippen LogP contribution < -0.4 is 24.3 Å². The van der Waals surface area contributed by atoms with Crippen molar-refractivity contribution in [2.45, 2.75) is 12.2 Å². The number of fused-ring (bicyclic) bond motifs is 2. The van der Waals surface area contributed by atoms with Crippen LogP contribution in [0.2, 0.25) is 0 Å². The molecule has 0 aliphatic carbocycles. The predicted octanol–water partition coefficient (Wildman–Crippen LogP) is 4.25. The highest BCUT2D eigenvalue weighted by molar-refractivity contribution is 9.10. The highest BCUT2D eigenvalue weighted by Crippen LogP contribution is 2.37. The fraction of sp³-hybridized carbons (Fsp3) is 0.350. The van der Waals surface area contributed by atoms with Crippen molar-refractivity contribution < 1.29 is 23.7 Å². The van der Waals surface area contributed by atoms with Crippen molar-refractivity contribution in [2.24, 2.45) is 0 Å². The molecule has 6 nitrogen and oxygen atoms in total. The SMILES string of the molecule is O=C(CSCc1cc2c(cc1Br)OCCO2)Nc1ccc2c(c1)OCCCO2. The number of halogens is 1. The van der Waals surface area contributed by atoms with Crippen molar-refractivity contribution in [3.8, 4) is 23.0 Å². The Hall–Kier alpha value is -2.06.